The maximum atomic E-state index is 5.27. The highest BCUT2D eigenvalue weighted by molar-refractivity contribution is 5.80. The molecule has 0 saturated carbocycles. The van der Waals surface area contributed by atoms with Gasteiger partial charge in [-0.2, -0.15) is 0 Å². The van der Waals surface area contributed by atoms with Crippen LogP contribution in [0.25, 0.3) is 0 Å². The van der Waals surface area contributed by atoms with E-state index in [1.165, 1.54) is 18.5 Å². The summed E-state index contributed by atoms with van der Waals surface area (Å²) in [4.78, 5) is 16.7. The third kappa shape index (κ3) is 5.40. The van der Waals surface area contributed by atoms with E-state index in [1.54, 1.807) is 7.11 Å². The maximum absolute atomic E-state index is 5.27. The van der Waals surface area contributed by atoms with E-state index < -0.39 is 0 Å². The number of aliphatic imine (C=N–C) groups is 1. The standard InChI is InChI=1S/C24H34N6O/c1-3-25-24(27-19-20-6-11-23(26-18-20)29-12-4-5-13-29)30-16-14-28(15-17-30)21-7-9-22(31-2)10-8-21/h6-11,18H,3-5,12-17,19H2,1-2H3,(H,25,27). The number of hydrogen-bond donors (Lipinski definition) is 1. The van der Waals surface area contributed by atoms with Crippen molar-refractivity contribution in [3.8, 4) is 5.75 Å². The minimum absolute atomic E-state index is 0.647. The van der Waals surface area contributed by atoms with Crippen LogP contribution in [0.15, 0.2) is 47.6 Å². The first kappa shape index (κ1) is 21.3. The fourth-order valence-electron chi connectivity index (χ4n) is 4.20. The minimum Gasteiger partial charge on any atom is -0.497 e. The average molecular weight is 423 g/mol. The first-order chi connectivity index (χ1) is 15.3. The SMILES string of the molecule is CCNC(=NCc1ccc(N2CCCC2)nc1)N1CCN(c2ccc(OC)cc2)CC1. The summed E-state index contributed by atoms with van der Waals surface area (Å²) in [6, 6.07) is 12.6. The molecule has 31 heavy (non-hydrogen) atoms. The van der Waals surface area contributed by atoms with Gasteiger partial charge in [-0.05, 0) is 55.7 Å². The summed E-state index contributed by atoms with van der Waals surface area (Å²) in [5.41, 5.74) is 2.39. The van der Waals surface area contributed by atoms with Gasteiger partial charge in [-0.3, -0.25) is 0 Å². The van der Waals surface area contributed by atoms with Crippen LogP contribution in [-0.4, -0.2) is 68.8 Å². The maximum Gasteiger partial charge on any atom is 0.194 e. The molecule has 0 spiro atoms. The minimum atomic E-state index is 0.647. The largest absolute Gasteiger partial charge is 0.497 e. The van der Waals surface area contributed by atoms with Crippen LogP contribution in [0.4, 0.5) is 11.5 Å². The van der Waals surface area contributed by atoms with Crippen LogP contribution in [0.3, 0.4) is 0 Å². The van der Waals surface area contributed by atoms with E-state index in [0.29, 0.717) is 6.54 Å². The lowest BCUT2D eigenvalue weighted by Gasteiger charge is -2.37. The zero-order chi connectivity index (χ0) is 21.5. The highest BCUT2D eigenvalue weighted by Gasteiger charge is 2.20. The molecule has 0 bridgehead atoms. The van der Waals surface area contributed by atoms with Crippen molar-refractivity contribution in [2.45, 2.75) is 26.3 Å². The third-order valence-corrected chi connectivity index (χ3v) is 6.00. The lowest BCUT2D eigenvalue weighted by molar-refractivity contribution is 0.372. The number of anilines is 2. The molecular formula is C24H34N6O. The summed E-state index contributed by atoms with van der Waals surface area (Å²) in [5, 5.41) is 3.46. The number of nitrogens with one attached hydrogen (secondary N) is 1. The fourth-order valence-corrected chi connectivity index (χ4v) is 4.20. The van der Waals surface area contributed by atoms with Crippen LogP contribution in [0, 0.1) is 0 Å². The van der Waals surface area contributed by atoms with Crippen molar-refractivity contribution < 1.29 is 4.74 Å². The monoisotopic (exact) mass is 422 g/mol. The molecule has 2 aliphatic heterocycles. The molecule has 2 fully saturated rings. The second kappa shape index (κ2) is 10.4. The van der Waals surface area contributed by atoms with Gasteiger partial charge in [0.05, 0.1) is 13.7 Å². The van der Waals surface area contributed by atoms with Crippen LogP contribution in [0.2, 0.25) is 0 Å². The van der Waals surface area contributed by atoms with Gasteiger partial charge in [0.25, 0.3) is 0 Å². The molecule has 0 amide bonds. The highest BCUT2D eigenvalue weighted by atomic mass is 16.5. The molecule has 1 aromatic heterocycles. The van der Waals surface area contributed by atoms with Crippen molar-refractivity contribution >= 4 is 17.5 Å². The van der Waals surface area contributed by atoms with Crippen LogP contribution in [0.1, 0.15) is 25.3 Å². The number of nitrogens with zero attached hydrogens (tertiary/aromatic N) is 5. The topological polar surface area (TPSA) is 56.2 Å². The molecule has 4 rings (SSSR count). The third-order valence-electron chi connectivity index (χ3n) is 6.00. The molecule has 0 aliphatic carbocycles. The van der Waals surface area contributed by atoms with Gasteiger partial charge in [-0.1, -0.05) is 6.07 Å². The Balaban J connectivity index is 1.34. The summed E-state index contributed by atoms with van der Waals surface area (Å²) in [6.07, 6.45) is 4.51. The van der Waals surface area contributed by atoms with Gasteiger partial charge in [0.1, 0.15) is 11.6 Å². The van der Waals surface area contributed by atoms with Gasteiger partial charge in [-0.15, -0.1) is 0 Å². The van der Waals surface area contributed by atoms with Crippen LogP contribution in [-0.2, 0) is 6.54 Å². The summed E-state index contributed by atoms with van der Waals surface area (Å²) < 4.78 is 5.27. The molecule has 0 atom stereocenters. The zero-order valence-corrected chi connectivity index (χ0v) is 18.8. The fraction of sp³-hybridized carbons (Fsp3) is 0.500. The van der Waals surface area contributed by atoms with Gasteiger partial charge >= 0.3 is 0 Å². The number of ether oxygens (including phenoxy) is 1. The molecule has 7 heteroatoms. The Morgan fingerprint density at radius 2 is 1.71 bits per heavy atom. The van der Waals surface area contributed by atoms with Gasteiger partial charge in [-0.25, -0.2) is 9.98 Å². The number of piperazine rings is 1. The van der Waals surface area contributed by atoms with E-state index >= 15 is 0 Å². The Morgan fingerprint density at radius 3 is 2.32 bits per heavy atom. The summed E-state index contributed by atoms with van der Waals surface area (Å²) >= 11 is 0. The van der Waals surface area contributed by atoms with E-state index in [1.807, 2.05) is 18.3 Å². The molecule has 1 aromatic carbocycles. The molecule has 0 unspecified atom stereocenters. The Kier molecular flexibility index (Phi) is 7.12. The van der Waals surface area contributed by atoms with E-state index in [2.05, 4.69) is 56.2 Å². The number of aromatic nitrogens is 1. The number of rotatable bonds is 6. The molecule has 2 aromatic rings. The summed E-state index contributed by atoms with van der Waals surface area (Å²) in [5.74, 6) is 2.97. The van der Waals surface area contributed by atoms with Crippen molar-refractivity contribution in [3.63, 3.8) is 0 Å². The number of guanidine groups is 1. The predicted octanol–water partition coefficient (Wildman–Crippen LogP) is 2.98. The van der Waals surface area contributed by atoms with Crippen molar-refractivity contribution in [2.24, 2.45) is 4.99 Å². The second-order valence-electron chi connectivity index (χ2n) is 8.06. The molecule has 166 valence electrons. The van der Waals surface area contributed by atoms with E-state index in [-0.39, 0.29) is 0 Å². The van der Waals surface area contributed by atoms with Crippen molar-refractivity contribution in [2.75, 3.05) is 62.7 Å². The Hall–Kier alpha value is -2.96. The van der Waals surface area contributed by atoms with Gasteiger partial charge in [0, 0.05) is 57.7 Å². The van der Waals surface area contributed by atoms with Crippen molar-refractivity contribution in [3.05, 3.63) is 48.2 Å². The number of hydrogen-bond acceptors (Lipinski definition) is 5. The Labute approximate surface area is 185 Å². The molecular weight excluding hydrogens is 388 g/mol. The Bertz CT molecular complexity index is 837. The predicted molar refractivity (Wildman–Crippen MR) is 127 cm³/mol. The van der Waals surface area contributed by atoms with E-state index in [4.69, 9.17) is 9.73 Å². The van der Waals surface area contributed by atoms with Gasteiger partial charge in [0.2, 0.25) is 0 Å². The quantitative estimate of drug-likeness (QED) is 0.571. The van der Waals surface area contributed by atoms with Gasteiger partial charge in [0.15, 0.2) is 5.96 Å². The molecule has 3 heterocycles. The molecule has 0 radical (unpaired) electrons. The summed E-state index contributed by atoms with van der Waals surface area (Å²) in [7, 11) is 1.70. The second-order valence-corrected chi connectivity index (χ2v) is 8.06. The highest BCUT2D eigenvalue weighted by Crippen LogP contribution is 2.21. The smallest absolute Gasteiger partial charge is 0.194 e. The Morgan fingerprint density at radius 1 is 0.968 bits per heavy atom. The zero-order valence-electron chi connectivity index (χ0n) is 18.8. The van der Waals surface area contributed by atoms with Crippen LogP contribution in [0.5, 0.6) is 5.75 Å². The normalized spacial score (nSPS) is 17.2. The van der Waals surface area contributed by atoms with Gasteiger partial charge < -0.3 is 24.8 Å². The van der Waals surface area contributed by atoms with E-state index in [0.717, 1.165) is 68.9 Å². The van der Waals surface area contributed by atoms with Crippen LogP contribution >= 0.6 is 0 Å². The molecule has 7 nitrogen and oxygen atoms in total. The first-order valence-corrected chi connectivity index (χ1v) is 11.4. The lowest BCUT2D eigenvalue weighted by Crippen LogP contribution is -2.52. The molecule has 1 N–H and O–H groups in total. The lowest BCUT2D eigenvalue weighted by atomic mass is 10.2. The van der Waals surface area contributed by atoms with Crippen molar-refractivity contribution in [1.82, 2.24) is 15.2 Å². The molecule has 2 saturated heterocycles. The number of benzene rings is 1. The van der Waals surface area contributed by atoms with E-state index in [9.17, 15) is 0 Å². The first-order valence-electron chi connectivity index (χ1n) is 11.4. The number of methoxy groups -OCH3 is 1. The van der Waals surface area contributed by atoms with Crippen molar-refractivity contribution in [1.29, 1.82) is 0 Å². The number of pyridine rings is 1. The molecule has 2 aliphatic rings. The van der Waals surface area contributed by atoms with Crippen LogP contribution < -0.4 is 19.9 Å². The summed E-state index contributed by atoms with van der Waals surface area (Å²) in [6.45, 7) is 9.72. The average Bonchev–Trinajstić information content (AvgIpc) is 3.37.